The zero-order valence-electron chi connectivity index (χ0n) is 21.7. The van der Waals surface area contributed by atoms with E-state index in [9.17, 15) is 9.59 Å². The van der Waals surface area contributed by atoms with Gasteiger partial charge in [0.1, 0.15) is 17.1 Å². The van der Waals surface area contributed by atoms with Crippen LogP contribution < -0.4 is 20.4 Å². The summed E-state index contributed by atoms with van der Waals surface area (Å²) >= 11 is 0. The van der Waals surface area contributed by atoms with Gasteiger partial charge in [-0.05, 0) is 45.2 Å². The maximum atomic E-state index is 13.8. The second kappa shape index (κ2) is 9.55. The Labute approximate surface area is 217 Å². The molecule has 2 amide bonds. The van der Waals surface area contributed by atoms with Crippen molar-refractivity contribution in [2.75, 3.05) is 47.8 Å². The number of amides is 2. The number of nitrogens with zero attached hydrogens (tertiary/aromatic N) is 6. The number of anilines is 4. The number of nitrogens with one attached hydrogen (secondary N) is 2. The zero-order chi connectivity index (χ0) is 25.6. The summed E-state index contributed by atoms with van der Waals surface area (Å²) in [7, 11) is 0. The Bertz CT molecular complexity index is 1170. The van der Waals surface area contributed by atoms with Crippen molar-refractivity contribution in [3.63, 3.8) is 0 Å². The lowest BCUT2D eigenvalue weighted by molar-refractivity contribution is -0.140. The third-order valence-electron chi connectivity index (χ3n) is 8.55. The summed E-state index contributed by atoms with van der Waals surface area (Å²) in [4.78, 5) is 47.2. The maximum Gasteiger partial charge on any atom is 0.244 e. The van der Waals surface area contributed by atoms with Gasteiger partial charge in [0.25, 0.3) is 0 Å². The summed E-state index contributed by atoms with van der Waals surface area (Å²) in [5.74, 6) is 1.44. The Kier molecular flexibility index (Phi) is 6.22. The van der Waals surface area contributed by atoms with Crippen LogP contribution >= 0.6 is 0 Å². The first-order valence-electron chi connectivity index (χ1n) is 13.6. The molecule has 2 aromatic heterocycles. The summed E-state index contributed by atoms with van der Waals surface area (Å²) in [5, 5.41) is 6.10. The molecule has 2 aromatic rings. The molecule has 37 heavy (non-hydrogen) atoms. The highest BCUT2D eigenvalue weighted by molar-refractivity contribution is 6.14. The minimum Gasteiger partial charge on any atom is -0.368 e. The first kappa shape index (κ1) is 24.1. The average Bonchev–Trinajstić information content (AvgIpc) is 3.56. The molecule has 1 spiro atoms. The van der Waals surface area contributed by atoms with E-state index in [1.165, 1.54) is 0 Å². The van der Waals surface area contributed by atoms with Crippen LogP contribution in [-0.2, 0) is 16.0 Å². The molecular weight excluding hydrogens is 468 g/mol. The molecule has 10 heteroatoms. The lowest BCUT2D eigenvalue weighted by atomic mass is 9.76. The molecular formula is C27H36N8O2. The summed E-state index contributed by atoms with van der Waals surface area (Å²) < 4.78 is 0. The maximum absolute atomic E-state index is 13.8. The Hall–Kier alpha value is -3.27. The molecule has 1 atom stereocenters. The number of hydrogen-bond acceptors (Lipinski definition) is 8. The van der Waals surface area contributed by atoms with E-state index in [2.05, 4.69) is 50.3 Å². The van der Waals surface area contributed by atoms with Crippen molar-refractivity contribution in [2.24, 2.45) is 5.41 Å². The normalized spacial score (nSPS) is 24.7. The number of rotatable bonds is 5. The van der Waals surface area contributed by atoms with Gasteiger partial charge in [0.2, 0.25) is 17.8 Å². The third-order valence-corrected chi connectivity index (χ3v) is 8.55. The number of carbonyl (C=O) groups is 2. The van der Waals surface area contributed by atoms with Crippen molar-refractivity contribution in [1.82, 2.24) is 25.2 Å². The van der Waals surface area contributed by atoms with E-state index in [1.54, 1.807) is 6.20 Å². The van der Waals surface area contributed by atoms with Gasteiger partial charge >= 0.3 is 0 Å². The minimum absolute atomic E-state index is 0.0770. The second-order valence-corrected chi connectivity index (χ2v) is 11.1. The molecule has 1 unspecified atom stereocenters. The summed E-state index contributed by atoms with van der Waals surface area (Å²) in [6.45, 7) is 9.11. The van der Waals surface area contributed by atoms with Crippen molar-refractivity contribution in [3.8, 4) is 0 Å². The van der Waals surface area contributed by atoms with Gasteiger partial charge < -0.3 is 15.5 Å². The molecule has 4 aliphatic rings. The van der Waals surface area contributed by atoms with Crippen molar-refractivity contribution in [2.45, 2.75) is 64.5 Å². The predicted molar refractivity (Wildman–Crippen MR) is 142 cm³/mol. The number of fused-ring (bicyclic) bond motifs is 1. The van der Waals surface area contributed by atoms with Crippen LogP contribution in [0.4, 0.5) is 23.3 Å². The quantitative estimate of drug-likeness (QED) is 0.599. The van der Waals surface area contributed by atoms with Gasteiger partial charge in [0.05, 0.1) is 11.9 Å². The Balaban J connectivity index is 1.22. The van der Waals surface area contributed by atoms with Crippen LogP contribution in [0.15, 0.2) is 24.5 Å². The molecule has 196 valence electrons. The first-order chi connectivity index (χ1) is 17.9. The summed E-state index contributed by atoms with van der Waals surface area (Å²) in [5.41, 5.74) is 0.947. The number of hydrogen-bond donors (Lipinski definition) is 2. The third kappa shape index (κ3) is 4.31. The van der Waals surface area contributed by atoms with Crippen molar-refractivity contribution >= 4 is 35.1 Å². The van der Waals surface area contributed by atoms with E-state index in [0.29, 0.717) is 43.0 Å². The molecule has 6 rings (SSSR count). The molecule has 3 aliphatic heterocycles. The summed E-state index contributed by atoms with van der Waals surface area (Å²) in [6.07, 6.45) is 8.58. The molecule has 10 nitrogen and oxygen atoms in total. The van der Waals surface area contributed by atoms with Gasteiger partial charge in [-0.25, -0.2) is 9.97 Å². The van der Waals surface area contributed by atoms with Crippen LogP contribution in [0.3, 0.4) is 0 Å². The number of piperazine rings is 1. The molecule has 5 heterocycles. The van der Waals surface area contributed by atoms with Gasteiger partial charge in [-0.15, -0.1) is 0 Å². The molecule has 2 N–H and O–H groups in total. The molecule has 0 bridgehead atoms. The Morgan fingerprint density at radius 2 is 1.84 bits per heavy atom. The monoisotopic (exact) mass is 504 g/mol. The standard InChI is InChI=1S/C27H36N8O2/c1-18(2)33-11-13-34(14-12-33)21-7-8-22(29-17-21)31-26-30-16-19-15-27(9-10-28-24(27)36)25(37)35(23(19)32-26)20-5-3-4-6-20/h7-8,16-18,20H,3-6,9-15H2,1-2H3,(H,28,36)(H,29,30,31,32). The van der Waals surface area contributed by atoms with E-state index in [1.807, 2.05) is 17.2 Å². The van der Waals surface area contributed by atoms with Gasteiger partial charge in [0, 0.05) is 63.0 Å². The van der Waals surface area contributed by atoms with E-state index >= 15 is 0 Å². The summed E-state index contributed by atoms with van der Waals surface area (Å²) in [6, 6.07) is 4.68. The average molecular weight is 505 g/mol. The topological polar surface area (TPSA) is 107 Å². The molecule has 1 saturated carbocycles. The Morgan fingerprint density at radius 3 is 2.49 bits per heavy atom. The highest BCUT2D eigenvalue weighted by atomic mass is 16.2. The number of carbonyl (C=O) groups excluding carboxylic acids is 2. The minimum atomic E-state index is -1.02. The lowest BCUT2D eigenvalue weighted by Crippen LogP contribution is -2.56. The largest absolute Gasteiger partial charge is 0.368 e. The predicted octanol–water partition coefficient (Wildman–Crippen LogP) is 2.48. The van der Waals surface area contributed by atoms with E-state index in [-0.39, 0.29) is 17.9 Å². The smallest absolute Gasteiger partial charge is 0.244 e. The molecule has 0 radical (unpaired) electrons. The van der Waals surface area contributed by atoms with E-state index in [4.69, 9.17) is 4.98 Å². The molecule has 2 saturated heterocycles. The van der Waals surface area contributed by atoms with Crippen molar-refractivity contribution < 1.29 is 9.59 Å². The van der Waals surface area contributed by atoms with Crippen LogP contribution in [0.5, 0.6) is 0 Å². The van der Waals surface area contributed by atoms with Gasteiger partial charge in [-0.3, -0.25) is 19.4 Å². The van der Waals surface area contributed by atoms with Crippen LogP contribution in [0, 0.1) is 5.41 Å². The number of pyridine rings is 1. The zero-order valence-corrected chi connectivity index (χ0v) is 21.7. The van der Waals surface area contributed by atoms with Gasteiger partial charge in [0.15, 0.2) is 0 Å². The molecule has 3 fully saturated rings. The van der Waals surface area contributed by atoms with Crippen molar-refractivity contribution in [1.29, 1.82) is 0 Å². The van der Waals surface area contributed by atoms with Gasteiger partial charge in [-0.2, -0.15) is 4.98 Å². The number of aromatic nitrogens is 3. The fraction of sp³-hybridized carbons (Fsp3) is 0.593. The fourth-order valence-electron chi connectivity index (χ4n) is 6.32. The highest BCUT2D eigenvalue weighted by Gasteiger charge is 2.56. The molecule has 1 aliphatic carbocycles. The van der Waals surface area contributed by atoms with Crippen LogP contribution in [-0.4, -0.2) is 76.5 Å². The molecule has 0 aromatic carbocycles. The Morgan fingerprint density at radius 1 is 1.05 bits per heavy atom. The fourth-order valence-corrected chi connectivity index (χ4v) is 6.32. The van der Waals surface area contributed by atoms with Crippen molar-refractivity contribution in [3.05, 3.63) is 30.1 Å². The van der Waals surface area contributed by atoms with Crippen LogP contribution in [0.1, 0.15) is 51.5 Å². The van der Waals surface area contributed by atoms with Crippen LogP contribution in [0.2, 0.25) is 0 Å². The lowest BCUT2D eigenvalue weighted by Gasteiger charge is -2.40. The van der Waals surface area contributed by atoms with E-state index in [0.717, 1.165) is 63.1 Å². The van der Waals surface area contributed by atoms with E-state index < -0.39 is 5.41 Å². The SMILES string of the molecule is CC(C)N1CCN(c2ccc(Nc3ncc4c(n3)N(C3CCCC3)C(=O)C3(CCNC3=O)C4)nc2)CC1. The van der Waals surface area contributed by atoms with Gasteiger partial charge in [-0.1, -0.05) is 12.8 Å². The first-order valence-corrected chi connectivity index (χ1v) is 13.6. The highest BCUT2D eigenvalue weighted by Crippen LogP contribution is 2.44. The van der Waals surface area contributed by atoms with Crippen LogP contribution in [0.25, 0.3) is 0 Å². The second-order valence-electron chi connectivity index (χ2n) is 11.1.